The van der Waals surface area contributed by atoms with Crippen molar-refractivity contribution in [2.75, 3.05) is 13.2 Å². The van der Waals surface area contributed by atoms with Crippen LogP contribution >= 0.6 is 0 Å². The van der Waals surface area contributed by atoms with E-state index in [0.717, 1.165) is 56.9 Å². The molecule has 5 heteroatoms. The van der Waals surface area contributed by atoms with E-state index in [-0.39, 0.29) is 5.97 Å². The first-order valence-corrected chi connectivity index (χ1v) is 11.0. The first kappa shape index (κ1) is 22.7. The molecule has 0 amide bonds. The fourth-order valence-electron chi connectivity index (χ4n) is 3.68. The fraction of sp³-hybridized carbons (Fsp3) is 0.423. The summed E-state index contributed by atoms with van der Waals surface area (Å²) in [6.07, 6.45) is 1.88. The highest BCUT2D eigenvalue weighted by atomic mass is 16.5. The molecule has 0 aliphatic rings. The number of esters is 1. The number of rotatable bonds is 10. The summed E-state index contributed by atoms with van der Waals surface area (Å²) < 4.78 is 23.0. The Morgan fingerprint density at radius 3 is 2.45 bits per heavy atom. The Bertz CT molecular complexity index is 1050. The number of aryl methyl sites for hydroxylation is 2. The summed E-state index contributed by atoms with van der Waals surface area (Å²) >= 11 is 0. The van der Waals surface area contributed by atoms with Crippen molar-refractivity contribution in [3.05, 3.63) is 58.3 Å². The van der Waals surface area contributed by atoms with E-state index in [0.29, 0.717) is 32.7 Å². The van der Waals surface area contributed by atoms with Crippen LogP contribution in [0.2, 0.25) is 0 Å². The van der Waals surface area contributed by atoms with Gasteiger partial charge in [0.15, 0.2) is 0 Å². The molecule has 1 aromatic heterocycles. The minimum Gasteiger partial charge on any atom is -0.494 e. The maximum atomic E-state index is 11.7. The lowest BCUT2D eigenvalue weighted by Crippen LogP contribution is -2.06. The van der Waals surface area contributed by atoms with Gasteiger partial charge in [-0.3, -0.25) is 4.79 Å². The monoisotopic (exact) mass is 424 g/mol. The number of ether oxygens (including phenoxy) is 3. The van der Waals surface area contributed by atoms with Crippen LogP contribution in [0.4, 0.5) is 0 Å². The Morgan fingerprint density at radius 1 is 0.935 bits per heavy atom. The highest BCUT2D eigenvalue weighted by molar-refractivity contribution is 5.83. The Balaban J connectivity index is 1.79. The lowest BCUT2D eigenvalue weighted by Gasteiger charge is -2.15. The predicted molar refractivity (Wildman–Crippen MR) is 122 cm³/mol. The predicted octanol–water partition coefficient (Wildman–Crippen LogP) is 6.09. The van der Waals surface area contributed by atoms with Crippen molar-refractivity contribution < 1.29 is 23.4 Å². The topological polar surface area (TPSA) is 57.9 Å². The van der Waals surface area contributed by atoms with Gasteiger partial charge >= 0.3 is 5.97 Å². The van der Waals surface area contributed by atoms with E-state index >= 15 is 0 Å². The largest absolute Gasteiger partial charge is 0.494 e. The van der Waals surface area contributed by atoms with Crippen LogP contribution < -0.4 is 9.47 Å². The number of hydrogen-bond donors (Lipinski definition) is 0. The second kappa shape index (κ2) is 10.4. The maximum absolute atomic E-state index is 11.7. The number of carbonyl (C=O) groups is 1. The molecule has 0 saturated heterocycles. The van der Waals surface area contributed by atoms with Crippen LogP contribution in [0.5, 0.6) is 11.5 Å². The summed E-state index contributed by atoms with van der Waals surface area (Å²) in [5.74, 6) is 2.43. The third kappa shape index (κ3) is 5.40. The molecule has 31 heavy (non-hydrogen) atoms. The van der Waals surface area contributed by atoms with Gasteiger partial charge in [0.2, 0.25) is 0 Å². The Labute approximate surface area is 184 Å². The van der Waals surface area contributed by atoms with Crippen molar-refractivity contribution in [3.63, 3.8) is 0 Å². The fourth-order valence-corrected chi connectivity index (χ4v) is 3.68. The second-order valence-electron chi connectivity index (χ2n) is 7.57. The molecule has 0 spiro atoms. The molecule has 0 bridgehead atoms. The van der Waals surface area contributed by atoms with E-state index < -0.39 is 0 Å². The zero-order chi connectivity index (χ0) is 22.4. The Morgan fingerprint density at radius 2 is 1.74 bits per heavy atom. The van der Waals surface area contributed by atoms with Crippen molar-refractivity contribution in [2.45, 2.75) is 60.5 Å². The van der Waals surface area contributed by atoms with Gasteiger partial charge in [-0.2, -0.15) is 0 Å². The van der Waals surface area contributed by atoms with E-state index in [1.807, 2.05) is 45.0 Å². The van der Waals surface area contributed by atoms with Crippen molar-refractivity contribution in [1.29, 1.82) is 0 Å². The molecule has 0 aliphatic carbocycles. The minimum absolute atomic E-state index is 0.164. The molecular weight excluding hydrogens is 392 g/mol. The number of carbonyl (C=O) groups excluding carboxylic acids is 1. The first-order chi connectivity index (χ1) is 15.0. The minimum atomic E-state index is -0.164. The molecule has 0 aliphatic heterocycles. The van der Waals surface area contributed by atoms with E-state index in [2.05, 4.69) is 19.9 Å². The van der Waals surface area contributed by atoms with E-state index in [4.69, 9.17) is 18.6 Å². The van der Waals surface area contributed by atoms with Crippen molar-refractivity contribution in [3.8, 4) is 11.5 Å². The highest BCUT2D eigenvalue weighted by Crippen LogP contribution is 2.31. The molecule has 3 aromatic rings. The smallest absolute Gasteiger partial charge is 0.306 e. The first-order valence-electron chi connectivity index (χ1n) is 11.0. The molecule has 166 valence electrons. The molecule has 0 atom stereocenters. The summed E-state index contributed by atoms with van der Waals surface area (Å²) in [5, 5.41) is 1.03. The maximum Gasteiger partial charge on any atom is 0.306 e. The summed E-state index contributed by atoms with van der Waals surface area (Å²) in [5.41, 5.74) is 5.16. The third-order valence-electron chi connectivity index (χ3n) is 5.51. The van der Waals surface area contributed by atoms with E-state index in [1.54, 1.807) is 0 Å². The van der Waals surface area contributed by atoms with Gasteiger partial charge in [-0.05, 0) is 75.1 Å². The molecule has 0 radical (unpaired) electrons. The quantitative estimate of drug-likeness (QED) is 0.369. The van der Waals surface area contributed by atoms with Crippen LogP contribution in [-0.4, -0.2) is 19.2 Å². The van der Waals surface area contributed by atoms with Crippen molar-refractivity contribution >= 4 is 16.9 Å². The molecule has 1 heterocycles. The SMILES string of the molecule is CCOC(=O)CCc1ccc(OCc2cc(OCC)cc3cc(CC)oc23)c(C)c1C. The van der Waals surface area contributed by atoms with Gasteiger partial charge < -0.3 is 18.6 Å². The third-order valence-corrected chi connectivity index (χ3v) is 5.51. The van der Waals surface area contributed by atoms with Gasteiger partial charge in [0.1, 0.15) is 29.4 Å². The zero-order valence-corrected chi connectivity index (χ0v) is 19.2. The molecule has 0 N–H and O–H groups in total. The lowest BCUT2D eigenvalue weighted by molar-refractivity contribution is -0.143. The summed E-state index contributed by atoms with van der Waals surface area (Å²) in [4.78, 5) is 11.7. The molecule has 0 unspecified atom stereocenters. The van der Waals surface area contributed by atoms with Gasteiger partial charge in [-0.1, -0.05) is 13.0 Å². The normalized spacial score (nSPS) is 11.0. The van der Waals surface area contributed by atoms with Crippen LogP contribution in [0.15, 0.2) is 34.7 Å². The Hall–Kier alpha value is -2.95. The van der Waals surface area contributed by atoms with Crippen LogP contribution in [0.25, 0.3) is 11.0 Å². The summed E-state index contributed by atoms with van der Waals surface area (Å²) in [6.45, 7) is 11.4. The average Bonchev–Trinajstić information content (AvgIpc) is 3.18. The van der Waals surface area contributed by atoms with Crippen molar-refractivity contribution in [1.82, 2.24) is 0 Å². The zero-order valence-electron chi connectivity index (χ0n) is 19.2. The van der Waals surface area contributed by atoms with Crippen LogP contribution in [0.3, 0.4) is 0 Å². The second-order valence-corrected chi connectivity index (χ2v) is 7.57. The summed E-state index contributed by atoms with van der Waals surface area (Å²) in [7, 11) is 0. The van der Waals surface area contributed by atoms with E-state index in [1.165, 1.54) is 0 Å². The number of hydrogen-bond acceptors (Lipinski definition) is 5. The van der Waals surface area contributed by atoms with Crippen LogP contribution in [0, 0.1) is 13.8 Å². The molecule has 0 fully saturated rings. The molecular formula is C26H32O5. The lowest BCUT2D eigenvalue weighted by atomic mass is 9.99. The average molecular weight is 425 g/mol. The van der Waals surface area contributed by atoms with Gasteiger partial charge in [0.25, 0.3) is 0 Å². The van der Waals surface area contributed by atoms with Gasteiger partial charge in [-0.15, -0.1) is 0 Å². The van der Waals surface area contributed by atoms with Gasteiger partial charge in [0, 0.05) is 23.8 Å². The highest BCUT2D eigenvalue weighted by Gasteiger charge is 2.14. The van der Waals surface area contributed by atoms with Gasteiger partial charge in [-0.25, -0.2) is 0 Å². The van der Waals surface area contributed by atoms with Crippen molar-refractivity contribution in [2.24, 2.45) is 0 Å². The number of fused-ring (bicyclic) bond motifs is 1. The Kier molecular flexibility index (Phi) is 7.61. The number of benzene rings is 2. The van der Waals surface area contributed by atoms with Crippen LogP contribution in [-0.2, 0) is 29.0 Å². The van der Waals surface area contributed by atoms with E-state index in [9.17, 15) is 4.79 Å². The summed E-state index contributed by atoms with van der Waals surface area (Å²) in [6, 6.07) is 10.1. The molecule has 3 rings (SSSR count). The molecule has 2 aromatic carbocycles. The number of furan rings is 1. The molecule has 0 saturated carbocycles. The van der Waals surface area contributed by atoms with Gasteiger partial charge in [0.05, 0.1) is 13.2 Å². The molecule has 5 nitrogen and oxygen atoms in total. The standard InChI is InChI=1S/C26H32O5/c1-6-22-13-20-14-23(28-7-2)15-21(26(20)31-22)16-30-24-11-9-19(17(4)18(24)5)10-12-25(27)29-8-3/h9,11,13-15H,6-8,10,12,16H2,1-5H3. The van der Waals surface area contributed by atoms with Crippen LogP contribution in [0.1, 0.15) is 55.2 Å².